The molecule has 0 bridgehead atoms. The molecule has 1 amide bonds. The Bertz CT molecular complexity index is 1290. The molecule has 0 atom stereocenters. The SMILES string of the molecule is CN1CCC(NC(=O)c2cnn3ccc(C4=CCCCc5nc(NCC(F)(F)F)ncc54)cc23)CC1. The van der Waals surface area contributed by atoms with E-state index in [1.807, 2.05) is 18.3 Å². The lowest BCUT2D eigenvalue weighted by Gasteiger charge is -2.29. The predicted molar refractivity (Wildman–Crippen MR) is 130 cm³/mol. The molecule has 2 aliphatic rings. The summed E-state index contributed by atoms with van der Waals surface area (Å²) in [7, 11) is 2.08. The number of hydrogen-bond donors (Lipinski definition) is 2. The number of carbonyl (C=O) groups excluding carboxylic acids is 1. The van der Waals surface area contributed by atoms with Gasteiger partial charge in [-0.05, 0) is 75.5 Å². The Kier molecular flexibility index (Phi) is 6.65. The van der Waals surface area contributed by atoms with Crippen molar-refractivity contribution in [2.24, 2.45) is 0 Å². The van der Waals surface area contributed by atoms with Gasteiger partial charge in [0, 0.05) is 24.0 Å². The van der Waals surface area contributed by atoms with Crippen LogP contribution in [0.4, 0.5) is 19.1 Å². The Labute approximate surface area is 206 Å². The van der Waals surface area contributed by atoms with Crippen LogP contribution >= 0.6 is 0 Å². The number of piperidine rings is 1. The topological polar surface area (TPSA) is 87.5 Å². The molecular weight excluding hydrogens is 471 g/mol. The summed E-state index contributed by atoms with van der Waals surface area (Å²) in [5, 5.41) is 9.76. The smallest absolute Gasteiger partial charge is 0.349 e. The number of amides is 1. The number of likely N-dealkylation sites (tertiary alicyclic amines) is 1. The van der Waals surface area contributed by atoms with Gasteiger partial charge in [0.2, 0.25) is 5.95 Å². The molecule has 3 aromatic heterocycles. The number of hydrogen-bond acceptors (Lipinski definition) is 6. The van der Waals surface area contributed by atoms with Crippen LogP contribution in [0.5, 0.6) is 0 Å². The number of nitrogens with zero attached hydrogens (tertiary/aromatic N) is 5. The third-order valence-corrected chi connectivity index (χ3v) is 6.70. The van der Waals surface area contributed by atoms with E-state index in [9.17, 15) is 18.0 Å². The zero-order chi connectivity index (χ0) is 25.3. The molecule has 1 fully saturated rings. The van der Waals surface area contributed by atoms with E-state index in [-0.39, 0.29) is 17.9 Å². The predicted octanol–water partition coefficient (Wildman–Crippen LogP) is 3.69. The number of carbonyl (C=O) groups is 1. The molecule has 3 aromatic rings. The van der Waals surface area contributed by atoms with E-state index < -0.39 is 12.7 Å². The zero-order valence-electron chi connectivity index (χ0n) is 20.0. The normalized spacial score (nSPS) is 17.4. The summed E-state index contributed by atoms with van der Waals surface area (Å²) in [4.78, 5) is 23.8. The number of pyridine rings is 1. The van der Waals surface area contributed by atoms with Crippen molar-refractivity contribution in [2.45, 2.75) is 44.3 Å². The first-order valence-electron chi connectivity index (χ1n) is 12.1. The summed E-state index contributed by atoms with van der Waals surface area (Å²) < 4.78 is 39.5. The summed E-state index contributed by atoms with van der Waals surface area (Å²) >= 11 is 0. The van der Waals surface area contributed by atoms with Crippen LogP contribution in [-0.4, -0.2) is 69.3 Å². The lowest BCUT2D eigenvalue weighted by atomic mass is 9.98. The molecule has 2 N–H and O–H groups in total. The second kappa shape index (κ2) is 9.88. The average Bonchev–Trinajstić information content (AvgIpc) is 3.16. The van der Waals surface area contributed by atoms with Crippen molar-refractivity contribution >= 4 is 22.9 Å². The summed E-state index contributed by atoms with van der Waals surface area (Å²) in [6.45, 7) is 0.717. The van der Waals surface area contributed by atoms with Crippen molar-refractivity contribution in [3.05, 3.63) is 59.2 Å². The minimum Gasteiger partial charge on any atom is -0.349 e. The molecule has 0 radical (unpaired) electrons. The second-order valence-electron chi connectivity index (χ2n) is 9.39. The van der Waals surface area contributed by atoms with Crippen molar-refractivity contribution in [3.8, 4) is 0 Å². The summed E-state index contributed by atoms with van der Waals surface area (Å²) in [6, 6.07) is 3.98. The fourth-order valence-corrected chi connectivity index (χ4v) is 4.74. The summed E-state index contributed by atoms with van der Waals surface area (Å²) in [5.74, 6) is -0.179. The van der Waals surface area contributed by atoms with Crippen LogP contribution in [0, 0.1) is 0 Å². The minimum atomic E-state index is -4.35. The number of allylic oxidation sites excluding steroid dienone is 1. The van der Waals surface area contributed by atoms with Gasteiger partial charge in [-0.15, -0.1) is 0 Å². The fourth-order valence-electron chi connectivity index (χ4n) is 4.74. The van der Waals surface area contributed by atoms with E-state index in [4.69, 9.17) is 0 Å². The highest BCUT2D eigenvalue weighted by Gasteiger charge is 2.27. The van der Waals surface area contributed by atoms with E-state index in [0.717, 1.165) is 55.5 Å². The number of halogens is 3. The number of fused-ring (bicyclic) bond motifs is 2. The number of rotatable bonds is 5. The average molecular weight is 500 g/mol. The fraction of sp³-hybridized carbons (Fsp3) is 0.440. The third-order valence-electron chi connectivity index (χ3n) is 6.70. The molecule has 0 unspecified atom stereocenters. The standard InChI is InChI=1S/C25H28F3N7O/c1-34-9-7-17(8-10-34)32-23(36)20-14-31-35-11-6-16(12-22(20)35)18-4-2-3-5-21-19(18)13-29-24(33-21)30-15-25(26,27)28/h4,6,11-14,17H,2-3,5,7-10,15H2,1H3,(H,32,36)(H,29,30,33). The van der Waals surface area contributed by atoms with E-state index >= 15 is 0 Å². The van der Waals surface area contributed by atoms with Crippen LogP contribution < -0.4 is 10.6 Å². The van der Waals surface area contributed by atoms with Gasteiger partial charge in [0.1, 0.15) is 6.54 Å². The van der Waals surface area contributed by atoms with Gasteiger partial charge in [-0.25, -0.2) is 14.5 Å². The number of anilines is 1. The number of nitrogens with one attached hydrogen (secondary N) is 2. The Morgan fingerprint density at radius 1 is 1.22 bits per heavy atom. The molecule has 1 aliphatic heterocycles. The van der Waals surface area contributed by atoms with Gasteiger partial charge >= 0.3 is 6.18 Å². The van der Waals surface area contributed by atoms with E-state index in [2.05, 4.69) is 43.7 Å². The van der Waals surface area contributed by atoms with Gasteiger partial charge in [-0.2, -0.15) is 18.3 Å². The molecule has 8 nitrogen and oxygen atoms in total. The first kappa shape index (κ1) is 24.2. The summed E-state index contributed by atoms with van der Waals surface area (Å²) in [6.07, 6.45) is 6.80. The van der Waals surface area contributed by atoms with Gasteiger partial charge in [0.15, 0.2) is 0 Å². The molecule has 0 spiro atoms. The Balaban J connectivity index is 1.41. The van der Waals surface area contributed by atoms with Crippen LogP contribution in [0.3, 0.4) is 0 Å². The monoisotopic (exact) mass is 499 g/mol. The van der Waals surface area contributed by atoms with E-state index in [1.54, 1.807) is 16.9 Å². The molecule has 1 aliphatic carbocycles. The van der Waals surface area contributed by atoms with Gasteiger partial charge in [0.25, 0.3) is 5.91 Å². The maximum absolute atomic E-state index is 13.1. The first-order valence-corrected chi connectivity index (χ1v) is 12.1. The second-order valence-corrected chi connectivity index (χ2v) is 9.39. The molecule has 4 heterocycles. The minimum absolute atomic E-state index is 0.0357. The Morgan fingerprint density at radius 2 is 2.03 bits per heavy atom. The molecule has 11 heteroatoms. The first-order chi connectivity index (χ1) is 17.3. The van der Waals surface area contributed by atoms with Crippen molar-refractivity contribution in [3.63, 3.8) is 0 Å². The van der Waals surface area contributed by atoms with Crippen LogP contribution in [0.2, 0.25) is 0 Å². The molecule has 0 aromatic carbocycles. The number of alkyl halides is 3. The lowest BCUT2D eigenvalue weighted by molar-refractivity contribution is -0.115. The molecule has 1 saturated heterocycles. The summed E-state index contributed by atoms with van der Waals surface area (Å²) in [5.41, 5.74) is 4.45. The largest absolute Gasteiger partial charge is 0.405 e. The molecule has 0 saturated carbocycles. The van der Waals surface area contributed by atoms with Crippen molar-refractivity contribution in [1.29, 1.82) is 0 Å². The van der Waals surface area contributed by atoms with Crippen molar-refractivity contribution < 1.29 is 18.0 Å². The molecular formula is C25H28F3N7O. The maximum atomic E-state index is 13.1. The third kappa shape index (κ3) is 5.35. The van der Waals surface area contributed by atoms with E-state index in [1.165, 1.54) is 0 Å². The Morgan fingerprint density at radius 3 is 2.81 bits per heavy atom. The Hall–Kier alpha value is -3.47. The highest BCUT2D eigenvalue weighted by Crippen LogP contribution is 2.31. The quantitative estimate of drug-likeness (QED) is 0.557. The van der Waals surface area contributed by atoms with E-state index in [0.29, 0.717) is 23.2 Å². The number of aromatic nitrogens is 4. The molecule has 36 heavy (non-hydrogen) atoms. The zero-order valence-corrected chi connectivity index (χ0v) is 20.0. The number of aryl methyl sites for hydroxylation is 1. The van der Waals surface area contributed by atoms with Crippen LogP contribution in [0.15, 0.2) is 36.8 Å². The van der Waals surface area contributed by atoms with Gasteiger partial charge in [-0.3, -0.25) is 4.79 Å². The van der Waals surface area contributed by atoms with Gasteiger partial charge < -0.3 is 15.5 Å². The van der Waals surface area contributed by atoms with Crippen LogP contribution in [0.25, 0.3) is 11.1 Å². The highest BCUT2D eigenvalue weighted by atomic mass is 19.4. The molecule has 190 valence electrons. The lowest BCUT2D eigenvalue weighted by Crippen LogP contribution is -2.43. The van der Waals surface area contributed by atoms with Crippen LogP contribution in [-0.2, 0) is 6.42 Å². The molecule has 5 rings (SSSR count). The van der Waals surface area contributed by atoms with Crippen LogP contribution in [0.1, 0.15) is 52.9 Å². The van der Waals surface area contributed by atoms with Crippen molar-refractivity contribution in [2.75, 3.05) is 32.0 Å². The van der Waals surface area contributed by atoms with Gasteiger partial charge in [-0.1, -0.05) is 6.08 Å². The van der Waals surface area contributed by atoms with Crippen molar-refractivity contribution in [1.82, 2.24) is 29.8 Å². The highest BCUT2D eigenvalue weighted by molar-refractivity contribution is 6.01. The van der Waals surface area contributed by atoms with Gasteiger partial charge in [0.05, 0.1) is 23.0 Å². The maximum Gasteiger partial charge on any atom is 0.405 e.